The quantitative estimate of drug-likeness (QED) is 0.797. The second kappa shape index (κ2) is 5.53. The minimum Gasteiger partial charge on any atom is -0.489 e. The number of carbonyl (C=O) groups is 1. The van der Waals surface area contributed by atoms with E-state index in [0.29, 0.717) is 11.3 Å². The van der Waals surface area contributed by atoms with Crippen LogP contribution in [0.1, 0.15) is 39.5 Å². The smallest absolute Gasteiger partial charge is 0.204 e. The van der Waals surface area contributed by atoms with Crippen LogP contribution in [0.15, 0.2) is 24.5 Å². The van der Waals surface area contributed by atoms with Crippen molar-refractivity contribution in [2.24, 2.45) is 0 Å². The van der Waals surface area contributed by atoms with E-state index >= 15 is 0 Å². The summed E-state index contributed by atoms with van der Waals surface area (Å²) in [4.78, 5) is 18.4. The molecule has 0 bridgehead atoms. The van der Waals surface area contributed by atoms with Gasteiger partial charge in [0.1, 0.15) is 5.75 Å². The van der Waals surface area contributed by atoms with Gasteiger partial charge >= 0.3 is 0 Å². The number of thiophene rings is 1. The van der Waals surface area contributed by atoms with E-state index in [1.54, 1.807) is 18.5 Å². The molecule has 0 saturated heterocycles. The highest BCUT2D eigenvalue weighted by atomic mass is 32.1. The third kappa shape index (κ3) is 3.20. The summed E-state index contributed by atoms with van der Waals surface area (Å²) in [6.45, 7) is 7.92. The summed E-state index contributed by atoms with van der Waals surface area (Å²) in [6.07, 6.45) is 3.28. The van der Waals surface area contributed by atoms with Gasteiger partial charge in [-0.05, 0) is 45.4 Å². The molecule has 0 aliphatic rings. The second-order valence-corrected chi connectivity index (χ2v) is 6.01. The summed E-state index contributed by atoms with van der Waals surface area (Å²) < 4.78 is 5.56. The maximum Gasteiger partial charge on any atom is 0.204 e. The largest absolute Gasteiger partial charge is 0.489 e. The van der Waals surface area contributed by atoms with Gasteiger partial charge in [-0.15, -0.1) is 11.3 Å². The summed E-state index contributed by atoms with van der Waals surface area (Å²) in [5.74, 6) is 0.633. The molecule has 0 amide bonds. The lowest BCUT2D eigenvalue weighted by atomic mass is 10.1. The van der Waals surface area contributed by atoms with Crippen LogP contribution in [0.5, 0.6) is 5.75 Å². The Morgan fingerprint density at radius 2 is 2.00 bits per heavy atom. The molecular formula is C15H17NO2S. The zero-order valence-electron chi connectivity index (χ0n) is 11.6. The fourth-order valence-electron chi connectivity index (χ4n) is 1.71. The van der Waals surface area contributed by atoms with Gasteiger partial charge in [-0.3, -0.25) is 9.78 Å². The van der Waals surface area contributed by atoms with Crippen molar-refractivity contribution in [1.82, 2.24) is 4.98 Å². The standard InChI is InChI=1S/C15H17NO2S/c1-9(2)18-13-6-12(7-16-8-13)15(17)14-5-10(3)11(4)19-14/h5-9H,1-4H3. The molecule has 0 aromatic carbocycles. The highest BCUT2D eigenvalue weighted by Crippen LogP contribution is 2.24. The number of aromatic nitrogens is 1. The van der Waals surface area contributed by atoms with E-state index in [0.717, 1.165) is 10.4 Å². The van der Waals surface area contributed by atoms with E-state index in [9.17, 15) is 4.79 Å². The molecule has 3 nitrogen and oxygen atoms in total. The molecule has 2 aromatic rings. The van der Waals surface area contributed by atoms with Gasteiger partial charge in [0.2, 0.25) is 5.78 Å². The second-order valence-electron chi connectivity index (χ2n) is 4.75. The number of rotatable bonds is 4. The van der Waals surface area contributed by atoms with Gasteiger partial charge < -0.3 is 4.74 Å². The summed E-state index contributed by atoms with van der Waals surface area (Å²) in [5.41, 5.74) is 1.72. The molecule has 2 aromatic heterocycles. The number of hydrogen-bond acceptors (Lipinski definition) is 4. The maximum atomic E-state index is 12.4. The SMILES string of the molecule is Cc1cc(C(=O)c2cncc(OC(C)C)c2)sc1C. The van der Waals surface area contributed by atoms with Gasteiger partial charge in [0.15, 0.2) is 0 Å². The van der Waals surface area contributed by atoms with E-state index in [2.05, 4.69) is 4.98 Å². The Morgan fingerprint density at radius 1 is 1.26 bits per heavy atom. The van der Waals surface area contributed by atoms with Crippen molar-refractivity contribution >= 4 is 17.1 Å². The summed E-state index contributed by atoms with van der Waals surface area (Å²) in [7, 11) is 0. The minimum absolute atomic E-state index is 0.00269. The zero-order chi connectivity index (χ0) is 14.0. The predicted octanol–water partition coefficient (Wildman–Crippen LogP) is 3.78. The first-order valence-electron chi connectivity index (χ1n) is 6.21. The summed E-state index contributed by atoms with van der Waals surface area (Å²) in [6, 6.07) is 3.68. The molecule has 0 aliphatic carbocycles. The monoisotopic (exact) mass is 275 g/mol. The molecule has 4 heteroatoms. The molecule has 0 atom stereocenters. The molecule has 0 unspecified atom stereocenters. The van der Waals surface area contributed by atoms with Gasteiger partial charge in [-0.25, -0.2) is 0 Å². The lowest BCUT2D eigenvalue weighted by Crippen LogP contribution is -2.07. The topological polar surface area (TPSA) is 39.2 Å². The number of ketones is 1. The number of nitrogens with zero attached hydrogens (tertiary/aromatic N) is 1. The van der Waals surface area contributed by atoms with Crippen LogP contribution in [0.25, 0.3) is 0 Å². The van der Waals surface area contributed by atoms with Crippen molar-refractivity contribution in [2.45, 2.75) is 33.8 Å². The Kier molecular flexibility index (Phi) is 4.00. The van der Waals surface area contributed by atoms with Crippen LogP contribution in [0.3, 0.4) is 0 Å². The summed E-state index contributed by atoms with van der Waals surface area (Å²) >= 11 is 1.52. The molecule has 0 N–H and O–H groups in total. The van der Waals surface area contributed by atoms with Crippen LogP contribution in [-0.4, -0.2) is 16.9 Å². The molecule has 2 heterocycles. The maximum absolute atomic E-state index is 12.4. The highest BCUT2D eigenvalue weighted by molar-refractivity contribution is 7.14. The van der Waals surface area contributed by atoms with E-state index < -0.39 is 0 Å². The molecule has 100 valence electrons. The van der Waals surface area contributed by atoms with Gasteiger partial charge in [0, 0.05) is 16.6 Å². The Bertz CT molecular complexity index is 582. The molecular weight excluding hydrogens is 258 g/mol. The van der Waals surface area contributed by atoms with Crippen molar-refractivity contribution in [2.75, 3.05) is 0 Å². The lowest BCUT2D eigenvalue weighted by Gasteiger charge is -2.09. The molecule has 0 saturated carbocycles. The lowest BCUT2D eigenvalue weighted by molar-refractivity contribution is 0.104. The Morgan fingerprint density at radius 3 is 2.58 bits per heavy atom. The molecule has 19 heavy (non-hydrogen) atoms. The van der Waals surface area contributed by atoms with Gasteiger partial charge in [-0.2, -0.15) is 0 Å². The van der Waals surface area contributed by atoms with Gasteiger partial charge in [0.05, 0.1) is 17.2 Å². The molecule has 0 radical (unpaired) electrons. The molecule has 0 fully saturated rings. The first-order chi connectivity index (χ1) is 8.97. The molecule has 0 spiro atoms. The fraction of sp³-hybridized carbons (Fsp3) is 0.333. The first kappa shape index (κ1) is 13.7. The van der Waals surface area contributed by atoms with Crippen LogP contribution in [0.4, 0.5) is 0 Å². The van der Waals surface area contributed by atoms with E-state index in [1.807, 2.05) is 33.8 Å². The van der Waals surface area contributed by atoms with E-state index in [4.69, 9.17) is 4.74 Å². The van der Waals surface area contributed by atoms with E-state index in [-0.39, 0.29) is 11.9 Å². The Balaban J connectivity index is 2.28. The van der Waals surface area contributed by atoms with Crippen LogP contribution >= 0.6 is 11.3 Å². The van der Waals surface area contributed by atoms with Crippen LogP contribution in [-0.2, 0) is 0 Å². The molecule has 2 rings (SSSR count). The summed E-state index contributed by atoms with van der Waals surface area (Å²) in [5, 5.41) is 0. The average molecular weight is 275 g/mol. The Labute approximate surface area is 117 Å². The van der Waals surface area contributed by atoms with Crippen LogP contribution < -0.4 is 4.74 Å². The van der Waals surface area contributed by atoms with Crippen LogP contribution in [0, 0.1) is 13.8 Å². The van der Waals surface area contributed by atoms with Gasteiger partial charge in [0.25, 0.3) is 0 Å². The third-order valence-corrected chi connectivity index (χ3v) is 3.89. The third-order valence-electron chi connectivity index (χ3n) is 2.74. The number of ether oxygens (including phenoxy) is 1. The minimum atomic E-state index is 0.00269. The first-order valence-corrected chi connectivity index (χ1v) is 7.02. The van der Waals surface area contributed by atoms with Crippen molar-refractivity contribution in [3.63, 3.8) is 0 Å². The number of aryl methyl sites for hydroxylation is 2. The van der Waals surface area contributed by atoms with Crippen molar-refractivity contribution in [3.05, 3.63) is 45.4 Å². The van der Waals surface area contributed by atoms with Crippen molar-refractivity contribution < 1.29 is 9.53 Å². The number of carbonyl (C=O) groups excluding carboxylic acids is 1. The predicted molar refractivity (Wildman–Crippen MR) is 77.2 cm³/mol. The van der Waals surface area contributed by atoms with Crippen molar-refractivity contribution in [3.8, 4) is 5.75 Å². The fourth-order valence-corrected chi connectivity index (χ4v) is 2.70. The number of hydrogen-bond donors (Lipinski definition) is 0. The van der Waals surface area contributed by atoms with Gasteiger partial charge in [-0.1, -0.05) is 0 Å². The normalized spacial score (nSPS) is 10.8. The molecule has 0 aliphatic heterocycles. The van der Waals surface area contributed by atoms with Crippen LogP contribution in [0.2, 0.25) is 0 Å². The zero-order valence-corrected chi connectivity index (χ0v) is 12.4. The average Bonchev–Trinajstić information content (AvgIpc) is 2.68. The van der Waals surface area contributed by atoms with Crippen molar-refractivity contribution in [1.29, 1.82) is 0 Å². The highest BCUT2D eigenvalue weighted by Gasteiger charge is 2.14. The Hall–Kier alpha value is -1.68. The number of pyridine rings is 1. The van der Waals surface area contributed by atoms with E-state index in [1.165, 1.54) is 16.2 Å².